The first-order chi connectivity index (χ1) is 7.18. The van der Waals surface area contributed by atoms with Crippen molar-refractivity contribution < 1.29 is 4.79 Å². The summed E-state index contributed by atoms with van der Waals surface area (Å²) in [7, 11) is 0. The zero-order valence-electron chi connectivity index (χ0n) is 7.63. The van der Waals surface area contributed by atoms with Crippen LogP contribution in [0.4, 0.5) is 5.69 Å². The van der Waals surface area contributed by atoms with E-state index in [2.05, 4.69) is 5.32 Å². The van der Waals surface area contributed by atoms with Crippen LogP contribution in [0.2, 0.25) is 10.0 Å². The molecule has 2 aliphatic rings. The number of carbonyl (C=O) groups excluding carboxylic acids is 1. The second-order valence-corrected chi connectivity index (χ2v) is 4.40. The van der Waals surface area contributed by atoms with Crippen molar-refractivity contribution >= 4 is 40.2 Å². The molecule has 0 bridgehead atoms. The molecule has 1 heterocycles. The third-order valence-electron chi connectivity index (χ3n) is 2.75. The lowest BCUT2D eigenvalue weighted by Gasteiger charge is -2.02. The van der Waals surface area contributed by atoms with Gasteiger partial charge in [0.1, 0.15) is 6.04 Å². The molecule has 4 heteroatoms. The van der Waals surface area contributed by atoms with Crippen molar-refractivity contribution in [3.05, 3.63) is 33.8 Å². The van der Waals surface area contributed by atoms with Crippen molar-refractivity contribution in [3.8, 4) is 0 Å². The van der Waals surface area contributed by atoms with E-state index in [1.807, 2.05) is 6.08 Å². The number of nitrogens with zero attached hydrogens (tertiary/aromatic N) is 1. The molecule has 1 aromatic carbocycles. The number of benzene rings is 1. The summed E-state index contributed by atoms with van der Waals surface area (Å²) in [5, 5.41) is 5.34. The third-order valence-corrected chi connectivity index (χ3v) is 3.56. The average Bonchev–Trinajstić information content (AvgIpc) is 2.73. The molecule has 0 N–H and O–H groups in total. The zero-order valence-corrected chi connectivity index (χ0v) is 9.14. The van der Waals surface area contributed by atoms with Gasteiger partial charge in [0, 0.05) is 12.0 Å². The van der Waals surface area contributed by atoms with Crippen LogP contribution in [-0.2, 0) is 4.79 Å². The molecule has 75 valence electrons. The Hall–Kier alpha value is -0.990. The SMILES string of the molecule is O=C1CC=C2c3c(ccc(Cl)c3Cl)[N]C12. The van der Waals surface area contributed by atoms with E-state index in [0.29, 0.717) is 16.5 Å². The highest BCUT2D eigenvalue weighted by Crippen LogP contribution is 2.45. The Morgan fingerprint density at radius 2 is 2.13 bits per heavy atom. The lowest BCUT2D eigenvalue weighted by atomic mass is 10.1. The van der Waals surface area contributed by atoms with Gasteiger partial charge >= 0.3 is 0 Å². The average molecular weight is 239 g/mol. The van der Waals surface area contributed by atoms with Gasteiger partial charge in [0.15, 0.2) is 5.78 Å². The van der Waals surface area contributed by atoms with Gasteiger partial charge in [-0.05, 0) is 17.7 Å². The number of rotatable bonds is 0. The number of allylic oxidation sites excluding steroid dienone is 1. The van der Waals surface area contributed by atoms with E-state index in [0.717, 1.165) is 16.8 Å². The molecule has 15 heavy (non-hydrogen) atoms. The van der Waals surface area contributed by atoms with Crippen molar-refractivity contribution in [2.45, 2.75) is 12.5 Å². The molecule has 0 fully saturated rings. The van der Waals surface area contributed by atoms with Gasteiger partial charge in [-0.15, -0.1) is 0 Å². The van der Waals surface area contributed by atoms with Gasteiger partial charge in [-0.25, -0.2) is 0 Å². The van der Waals surface area contributed by atoms with Crippen LogP contribution in [0.3, 0.4) is 0 Å². The van der Waals surface area contributed by atoms with Gasteiger partial charge in [0.2, 0.25) is 0 Å². The highest BCUT2D eigenvalue weighted by atomic mass is 35.5. The van der Waals surface area contributed by atoms with Gasteiger partial charge in [-0.3, -0.25) is 10.1 Å². The van der Waals surface area contributed by atoms with Gasteiger partial charge in [0.25, 0.3) is 0 Å². The Labute approximate surface area is 96.9 Å². The summed E-state index contributed by atoms with van der Waals surface area (Å²) in [6.45, 7) is 0. The molecule has 1 aromatic rings. The number of hydrogen-bond donors (Lipinski definition) is 0. The first-order valence-corrected chi connectivity index (χ1v) is 5.36. The minimum atomic E-state index is -0.337. The number of halogens is 2. The monoisotopic (exact) mass is 238 g/mol. The summed E-state index contributed by atoms with van der Waals surface area (Å²) < 4.78 is 0. The van der Waals surface area contributed by atoms with E-state index in [4.69, 9.17) is 23.2 Å². The fraction of sp³-hybridized carbons (Fsp3) is 0.182. The highest BCUT2D eigenvalue weighted by Gasteiger charge is 2.38. The van der Waals surface area contributed by atoms with Crippen molar-refractivity contribution in [2.24, 2.45) is 0 Å². The standard InChI is InChI=1S/C11H6Cl2NO/c12-6-2-3-7-9(10(6)13)5-1-4-8(15)11(5)14-7/h1-3,11H,4H2. The molecule has 1 atom stereocenters. The topological polar surface area (TPSA) is 31.2 Å². The number of fused-ring (bicyclic) bond motifs is 3. The lowest BCUT2D eigenvalue weighted by Crippen LogP contribution is -2.20. The third kappa shape index (κ3) is 1.15. The first-order valence-electron chi connectivity index (χ1n) is 4.60. The number of carbonyl (C=O) groups is 1. The van der Waals surface area contributed by atoms with E-state index < -0.39 is 0 Å². The summed E-state index contributed by atoms with van der Waals surface area (Å²) in [5.41, 5.74) is 2.52. The molecule has 3 rings (SSSR count). The summed E-state index contributed by atoms with van der Waals surface area (Å²) in [4.78, 5) is 11.5. The smallest absolute Gasteiger partial charge is 0.165 e. The van der Waals surface area contributed by atoms with Crippen LogP contribution in [0.5, 0.6) is 0 Å². The zero-order chi connectivity index (χ0) is 10.6. The Balaban J connectivity index is 2.24. The Morgan fingerprint density at radius 1 is 1.33 bits per heavy atom. The molecule has 0 amide bonds. The van der Waals surface area contributed by atoms with Crippen LogP contribution in [0, 0.1) is 0 Å². The van der Waals surface area contributed by atoms with Crippen LogP contribution in [0.25, 0.3) is 5.57 Å². The lowest BCUT2D eigenvalue weighted by molar-refractivity contribution is -0.118. The molecule has 1 radical (unpaired) electrons. The molecular weight excluding hydrogens is 233 g/mol. The molecule has 0 saturated heterocycles. The van der Waals surface area contributed by atoms with E-state index in [1.54, 1.807) is 12.1 Å². The summed E-state index contributed by atoms with van der Waals surface area (Å²) in [5.74, 6) is 0.133. The van der Waals surface area contributed by atoms with Crippen molar-refractivity contribution in [3.63, 3.8) is 0 Å². The molecule has 1 unspecified atom stereocenters. The molecule has 2 nitrogen and oxygen atoms in total. The largest absolute Gasteiger partial charge is 0.297 e. The fourth-order valence-electron chi connectivity index (χ4n) is 2.05. The summed E-state index contributed by atoms with van der Waals surface area (Å²) in [6.07, 6.45) is 2.34. The molecule has 1 aliphatic carbocycles. The van der Waals surface area contributed by atoms with Gasteiger partial charge in [-0.2, -0.15) is 0 Å². The maximum Gasteiger partial charge on any atom is 0.165 e. The molecule has 0 spiro atoms. The van der Waals surface area contributed by atoms with E-state index >= 15 is 0 Å². The normalized spacial score (nSPS) is 22.1. The highest BCUT2D eigenvalue weighted by molar-refractivity contribution is 6.43. The van der Waals surface area contributed by atoms with Gasteiger partial charge < -0.3 is 0 Å². The van der Waals surface area contributed by atoms with Crippen molar-refractivity contribution in [2.75, 3.05) is 0 Å². The van der Waals surface area contributed by atoms with Crippen LogP contribution in [0.15, 0.2) is 18.2 Å². The molecular formula is C11H6Cl2NO. The minimum absolute atomic E-state index is 0.133. The van der Waals surface area contributed by atoms with Crippen LogP contribution in [0.1, 0.15) is 12.0 Å². The number of Topliss-reactive ketones (excluding diaryl/α,β-unsaturated/α-hetero) is 1. The fourth-order valence-corrected chi connectivity index (χ4v) is 2.48. The minimum Gasteiger partial charge on any atom is -0.297 e. The predicted octanol–water partition coefficient (Wildman–Crippen LogP) is 2.97. The molecule has 0 saturated carbocycles. The first kappa shape index (κ1) is 9.25. The Kier molecular flexibility index (Phi) is 1.85. The van der Waals surface area contributed by atoms with Crippen molar-refractivity contribution in [1.82, 2.24) is 5.32 Å². The quantitative estimate of drug-likeness (QED) is 0.684. The molecule has 1 aliphatic heterocycles. The van der Waals surface area contributed by atoms with E-state index in [9.17, 15) is 4.79 Å². The predicted molar refractivity (Wildman–Crippen MR) is 59.6 cm³/mol. The Morgan fingerprint density at radius 3 is 2.93 bits per heavy atom. The summed E-state index contributed by atoms with van der Waals surface area (Å²) >= 11 is 12.0. The van der Waals surface area contributed by atoms with E-state index in [-0.39, 0.29) is 11.8 Å². The maximum atomic E-state index is 11.5. The van der Waals surface area contributed by atoms with E-state index in [1.165, 1.54) is 0 Å². The van der Waals surface area contributed by atoms with Crippen molar-refractivity contribution in [1.29, 1.82) is 0 Å². The number of ketones is 1. The Bertz CT molecular complexity index is 508. The summed E-state index contributed by atoms with van der Waals surface area (Å²) in [6, 6.07) is 3.17. The van der Waals surface area contributed by atoms with Gasteiger partial charge in [-0.1, -0.05) is 29.3 Å². The van der Waals surface area contributed by atoms with Crippen LogP contribution in [-0.4, -0.2) is 11.8 Å². The second-order valence-electron chi connectivity index (χ2n) is 3.62. The molecule has 0 aromatic heterocycles. The number of hydrogen-bond acceptors (Lipinski definition) is 1. The van der Waals surface area contributed by atoms with Crippen LogP contribution >= 0.6 is 23.2 Å². The maximum absolute atomic E-state index is 11.5. The second kappa shape index (κ2) is 3.00. The van der Waals surface area contributed by atoms with Crippen LogP contribution < -0.4 is 5.32 Å². The van der Waals surface area contributed by atoms with Gasteiger partial charge in [0.05, 0.1) is 15.7 Å².